The number of phosphoric ester groups is 1. The third-order valence-corrected chi connectivity index (χ3v) is 8.43. The van der Waals surface area contributed by atoms with Gasteiger partial charge in [-0.3, -0.25) is 18.2 Å². The molecule has 5 unspecified atom stereocenters. The zero-order valence-corrected chi connectivity index (χ0v) is 24.4. The Morgan fingerprint density at radius 3 is 1.98 bits per heavy atom. The number of rotatable bonds is 11. The number of aliphatic hydroxyl groups excluding tert-OH is 1. The van der Waals surface area contributed by atoms with E-state index in [1.165, 1.54) is 17.2 Å². The molecule has 0 bridgehead atoms. The molecule has 2 aliphatic heterocycles. The Kier molecular flexibility index (Phi) is 8.69. The lowest BCUT2D eigenvalue weighted by Crippen LogP contribution is -2.35. The molecule has 242 valence electrons. The first kappa shape index (κ1) is 31.5. The Labute approximate surface area is 250 Å². The average Bonchev–Trinajstić information content (AvgIpc) is 3.76. The number of imidazole rings is 2. The average molecular weight is 677 g/mol. The van der Waals surface area contributed by atoms with Gasteiger partial charge >= 0.3 is 15.9 Å². The van der Waals surface area contributed by atoms with Gasteiger partial charge in [0, 0.05) is 0 Å². The van der Waals surface area contributed by atoms with Crippen LogP contribution in [0.3, 0.4) is 0 Å². The minimum atomic E-state index is -5.17. The summed E-state index contributed by atoms with van der Waals surface area (Å²) in [6, 6.07) is 0. The molecule has 45 heavy (non-hydrogen) atoms. The summed E-state index contributed by atoms with van der Waals surface area (Å²) in [4.78, 5) is 43.5. The fourth-order valence-electron chi connectivity index (χ4n) is 5.06. The molecule has 4 aromatic rings. The molecule has 7 N–H and O–H groups in total. The Hall–Kier alpha value is -3.43. The summed E-state index contributed by atoms with van der Waals surface area (Å²) in [5.74, 6) is 0.0326. The number of phosphoric acid groups is 1. The normalized spacial score (nSPS) is 30.3. The van der Waals surface area contributed by atoms with Gasteiger partial charge < -0.3 is 35.7 Å². The molecule has 0 saturated carbocycles. The van der Waals surface area contributed by atoms with Crippen molar-refractivity contribution in [1.82, 2.24) is 39.0 Å². The van der Waals surface area contributed by atoms with E-state index >= 15 is 8.78 Å². The van der Waals surface area contributed by atoms with E-state index in [1.807, 2.05) is 0 Å². The minimum absolute atomic E-state index is 0.0135. The number of nitrogen functional groups attached to an aromatic ring is 2. The highest BCUT2D eigenvalue weighted by Gasteiger charge is 2.52. The van der Waals surface area contributed by atoms with Gasteiger partial charge in [0.25, 0.3) is 6.35 Å². The zero-order valence-electron chi connectivity index (χ0n) is 22.6. The van der Waals surface area contributed by atoms with Gasteiger partial charge in [0.2, 0.25) is 0 Å². The number of hydrogen-bond acceptors (Lipinski definition) is 16. The van der Waals surface area contributed by atoms with Gasteiger partial charge in [-0.1, -0.05) is 0 Å². The number of alkyl halides is 2. The van der Waals surface area contributed by atoms with E-state index in [0.29, 0.717) is 0 Å². The molecule has 0 radical (unpaired) electrons. The Morgan fingerprint density at radius 2 is 1.44 bits per heavy atom. The van der Waals surface area contributed by atoms with Crippen LogP contribution in [0, 0.1) is 0 Å². The van der Waals surface area contributed by atoms with Crippen molar-refractivity contribution in [3.05, 3.63) is 25.3 Å². The van der Waals surface area contributed by atoms with Crippen molar-refractivity contribution in [1.29, 1.82) is 0 Å². The molecule has 0 spiro atoms. The molecule has 10 atom stereocenters. The Balaban J connectivity index is 1.18. The molecule has 0 amide bonds. The van der Waals surface area contributed by atoms with Crippen molar-refractivity contribution in [3.8, 4) is 0 Å². The van der Waals surface area contributed by atoms with E-state index in [-0.39, 0.29) is 34.0 Å². The maximum Gasteiger partial charge on any atom is 0.534 e. The predicted octanol–water partition coefficient (Wildman–Crippen LogP) is -0.127. The van der Waals surface area contributed by atoms with Crippen LogP contribution < -0.4 is 11.5 Å². The summed E-state index contributed by atoms with van der Waals surface area (Å²) in [5.41, 5.74) is 12.1. The van der Waals surface area contributed by atoms with Crippen molar-refractivity contribution in [2.24, 2.45) is 0 Å². The van der Waals surface area contributed by atoms with Gasteiger partial charge in [0.05, 0.1) is 25.9 Å². The van der Waals surface area contributed by atoms with Crippen LogP contribution in [0.1, 0.15) is 12.5 Å². The van der Waals surface area contributed by atoms with E-state index < -0.39 is 84.6 Å². The van der Waals surface area contributed by atoms with Crippen LogP contribution in [0.4, 0.5) is 20.4 Å². The summed E-state index contributed by atoms with van der Waals surface area (Å²) in [6.07, 6.45) is -9.66. The highest BCUT2D eigenvalue weighted by atomic mass is 31.2. The molecule has 4 aromatic heterocycles. The molecule has 6 heterocycles. The fraction of sp³-hybridized carbons (Fsp3) is 0.524. The summed E-state index contributed by atoms with van der Waals surface area (Å²) < 4.78 is 84.6. The topological polar surface area (TPSA) is 280 Å². The fourth-order valence-corrected chi connectivity index (χ4v) is 6.31. The third-order valence-electron chi connectivity index (χ3n) is 7.07. The number of anilines is 2. The van der Waals surface area contributed by atoms with Gasteiger partial charge in [-0.15, -0.1) is 0 Å². The zero-order chi connectivity index (χ0) is 32.0. The summed E-state index contributed by atoms with van der Waals surface area (Å²) >= 11 is 0. The van der Waals surface area contributed by atoms with Crippen LogP contribution in [-0.2, 0) is 32.4 Å². The molecule has 0 aliphatic carbocycles. The number of fused-ring (bicyclic) bond motifs is 2. The minimum Gasteiger partial charge on any atom is -0.394 e. The second-order valence-corrected chi connectivity index (χ2v) is 12.2. The molecule has 0 aromatic carbocycles. The van der Waals surface area contributed by atoms with E-state index in [1.54, 1.807) is 0 Å². The first-order valence-electron chi connectivity index (χ1n) is 13.0. The van der Waals surface area contributed by atoms with Gasteiger partial charge in [0.1, 0.15) is 48.1 Å². The van der Waals surface area contributed by atoms with Gasteiger partial charge in [-0.05, 0) is 4.57 Å². The van der Waals surface area contributed by atoms with Crippen LogP contribution in [0.15, 0.2) is 25.3 Å². The third kappa shape index (κ3) is 5.97. The van der Waals surface area contributed by atoms with E-state index in [4.69, 9.17) is 34.7 Å². The van der Waals surface area contributed by atoms with Crippen LogP contribution in [0.5, 0.6) is 0 Å². The number of nitrogens with two attached hydrogens (primary N) is 2. The quantitative estimate of drug-likeness (QED) is 0.129. The number of aromatic nitrogens is 8. The van der Waals surface area contributed by atoms with E-state index in [9.17, 15) is 24.0 Å². The highest BCUT2D eigenvalue weighted by Crippen LogP contribution is 2.50. The van der Waals surface area contributed by atoms with Crippen molar-refractivity contribution in [3.63, 3.8) is 0 Å². The molecule has 2 aliphatic rings. The van der Waals surface area contributed by atoms with Gasteiger partial charge in [-0.2, -0.15) is 4.89 Å². The van der Waals surface area contributed by atoms with Crippen molar-refractivity contribution in [2.75, 3.05) is 31.0 Å². The number of hydrogen-bond donors (Lipinski definition) is 5. The van der Waals surface area contributed by atoms with Crippen LogP contribution in [0.25, 0.3) is 22.3 Å². The first-order chi connectivity index (χ1) is 21.5. The first-order valence-corrected chi connectivity index (χ1v) is 15.8. The summed E-state index contributed by atoms with van der Waals surface area (Å²) in [6.45, 7) is -1.67. The second-order valence-electron chi connectivity index (χ2n) is 9.81. The lowest BCUT2D eigenvalue weighted by Gasteiger charge is -2.23. The second kappa shape index (κ2) is 12.4. The largest absolute Gasteiger partial charge is 0.534 e. The standard InChI is InChI=1S/C21H24F2N10O10P2/c22-10-14(39-7-44(35)36)9(42-20(10)32-5-30-12-16(24)26-3-28-18(12)32)2-40-45(37,38)43-15-8(1-34)41-21(11(15)23)33-6-31-13-17(25)27-4-29-19(13)33/h3-6,8-11,14-15,20-21,34H,1-2,7H2,(H5-,24,25,26,27,28,29,35,36,37,38)/p+1/t8-,9-,10+,11?,14?,15?,20-,21-/m1/s1. The van der Waals surface area contributed by atoms with Crippen molar-refractivity contribution >= 4 is 49.8 Å². The molecular formula is C21H25F2N10O10P2+. The maximum atomic E-state index is 15.7. The SMILES string of the molecule is Nc1ncnc2c1ncn2[C@@H]1O[C@H](CO)C(OP(=O)(O)OC[C@H]2O[C@@H](n3cnc4c(N)ncnc43)[C@@H](F)C2OC[P+](=O)O)C1F. The van der Waals surface area contributed by atoms with Crippen LogP contribution in [0.2, 0.25) is 0 Å². The number of aliphatic hydroxyl groups is 1. The van der Waals surface area contributed by atoms with Gasteiger partial charge in [-0.25, -0.2) is 43.2 Å². The lowest BCUT2D eigenvalue weighted by molar-refractivity contribution is -0.0618. The van der Waals surface area contributed by atoms with Gasteiger partial charge in [0.15, 0.2) is 47.7 Å². The van der Waals surface area contributed by atoms with Crippen LogP contribution in [-0.4, -0.2) is 110 Å². The molecular weight excluding hydrogens is 652 g/mol. The Morgan fingerprint density at radius 1 is 0.911 bits per heavy atom. The highest BCUT2D eigenvalue weighted by molar-refractivity contribution is 7.47. The predicted molar refractivity (Wildman–Crippen MR) is 144 cm³/mol. The molecule has 2 fully saturated rings. The van der Waals surface area contributed by atoms with Crippen molar-refractivity contribution < 1.29 is 56.1 Å². The lowest BCUT2D eigenvalue weighted by atomic mass is 10.1. The maximum absolute atomic E-state index is 15.7. The molecule has 6 rings (SSSR count). The van der Waals surface area contributed by atoms with Crippen LogP contribution >= 0.6 is 15.9 Å². The van der Waals surface area contributed by atoms with E-state index in [2.05, 4.69) is 29.9 Å². The van der Waals surface area contributed by atoms with Crippen molar-refractivity contribution in [2.45, 2.75) is 49.2 Å². The van der Waals surface area contributed by atoms with E-state index in [0.717, 1.165) is 17.2 Å². The molecule has 20 nitrogen and oxygen atoms in total. The molecule has 24 heteroatoms. The number of nitrogens with zero attached hydrogens (tertiary/aromatic N) is 8. The summed E-state index contributed by atoms with van der Waals surface area (Å²) in [7, 11) is -8.03. The Bertz CT molecular complexity index is 1770. The monoisotopic (exact) mass is 677 g/mol. The number of ether oxygens (including phenoxy) is 3. The summed E-state index contributed by atoms with van der Waals surface area (Å²) in [5, 5.41) is 9.80. The number of halogens is 2. The molecule has 2 saturated heterocycles. The smallest absolute Gasteiger partial charge is 0.394 e.